The topological polar surface area (TPSA) is 86.1 Å². The normalized spacial score (nSPS) is 11.0. The Bertz CT molecular complexity index is 1670. The van der Waals surface area contributed by atoms with Gasteiger partial charge in [-0.15, -0.1) is 10.2 Å². The maximum absolute atomic E-state index is 12.8. The molecule has 0 spiro atoms. The van der Waals surface area contributed by atoms with E-state index in [0.717, 1.165) is 22.6 Å². The van der Waals surface area contributed by atoms with E-state index < -0.39 is 0 Å². The summed E-state index contributed by atoms with van der Waals surface area (Å²) >= 11 is 7.35. The Morgan fingerprint density at radius 2 is 1.61 bits per heavy atom. The van der Waals surface area contributed by atoms with E-state index in [4.69, 9.17) is 16.3 Å². The number of carbonyl (C=O) groups excluding carboxylic acids is 2. The molecule has 0 aliphatic heterocycles. The number of ketones is 1. The number of hydrogen-bond acceptors (Lipinski definition) is 6. The highest BCUT2D eigenvalue weighted by Gasteiger charge is 2.17. The molecule has 5 aromatic rings. The number of allylic oxidation sites excluding steroid dienone is 1. The lowest BCUT2D eigenvalue weighted by molar-refractivity contribution is -0.113. The van der Waals surface area contributed by atoms with E-state index >= 15 is 0 Å². The van der Waals surface area contributed by atoms with Gasteiger partial charge in [-0.25, -0.2) is 0 Å². The number of rotatable bonds is 10. The molecule has 41 heavy (non-hydrogen) atoms. The molecule has 5 rings (SSSR count). The molecule has 0 atom stereocenters. The number of ether oxygens (including phenoxy) is 1. The minimum atomic E-state index is -0.205. The first-order valence-electron chi connectivity index (χ1n) is 12.7. The predicted octanol–water partition coefficient (Wildman–Crippen LogP) is 7.22. The van der Waals surface area contributed by atoms with E-state index in [1.165, 1.54) is 17.8 Å². The van der Waals surface area contributed by atoms with E-state index in [9.17, 15) is 9.59 Å². The van der Waals surface area contributed by atoms with Gasteiger partial charge in [0.25, 0.3) is 0 Å². The van der Waals surface area contributed by atoms with Crippen molar-refractivity contribution in [1.82, 2.24) is 14.8 Å². The number of benzene rings is 4. The standard InChI is InChI=1S/C32H25ClN4O3S/c1-40-28-18-7-22(8-19-28)9-20-29(38)23-12-16-26(17-13-23)34-30(39)21-41-32-36-35-31(24-10-14-25(33)15-11-24)37(32)27-5-3-2-4-6-27/h2-20H,21H2,1H3,(H,34,39)/b20-9+. The Morgan fingerprint density at radius 3 is 2.29 bits per heavy atom. The maximum Gasteiger partial charge on any atom is 0.234 e. The molecule has 0 saturated heterocycles. The molecule has 1 amide bonds. The van der Waals surface area contributed by atoms with Crippen LogP contribution in [0.4, 0.5) is 5.69 Å². The summed E-state index contributed by atoms with van der Waals surface area (Å²) in [5.41, 5.74) is 3.75. The second-order valence-corrected chi connectivity index (χ2v) is 10.2. The van der Waals surface area contributed by atoms with Gasteiger partial charge >= 0.3 is 0 Å². The van der Waals surface area contributed by atoms with Gasteiger partial charge in [-0.2, -0.15) is 0 Å². The van der Waals surface area contributed by atoms with Crippen molar-refractivity contribution in [2.75, 3.05) is 18.2 Å². The zero-order chi connectivity index (χ0) is 28.6. The van der Waals surface area contributed by atoms with Crippen molar-refractivity contribution in [1.29, 1.82) is 0 Å². The van der Waals surface area contributed by atoms with Gasteiger partial charge in [0, 0.05) is 27.5 Å². The molecule has 0 bridgehead atoms. The number of nitrogens with one attached hydrogen (secondary N) is 1. The van der Waals surface area contributed by atoms with Crippen LogP contribution in [0, 0.1) is 0 Å². The molecule has 7 nitrogen and oxygen atoms in total. The van der Waals surface area contributed by atoms with E-state index in [1.807, 2.05) is 71.3 Å². The summed E-state index contributed by atoms with van der Waals surface area (Å²) in [4.78, 5) is 25.4. The second-order valence-electron chi connectivity index (χ2n) is 8.87. The fourth-order valence-corrected chi connectivity index (χ4v) is 4.87. The summed E-state index contributed by atoms with van der Waals surface area (Å²) in [7, 11) is 1.61. The molecule has 204 valence electrons. The summed E-state index contributed by atoms with van der Waals surface area (Å²) in [5.74, 6) is 1.19. The summed E-state index contributed by atoms with van der Waals surface area (Å²) in [6, 6.07) is 31.3. The minimum Gasteiger partial charge on any atom is -0.497 e. The average Bonchev–Trinajstić information content (AvgIpc) is 3.44. The number of amides is 1. The Balaban J connectivity index is 1.22. The summed E-state index contributed by atoms with van der Waals surface area (Å²) in [6.07, 6.45) is 3.27. The molecule has 0 unspecified atom stereocenters. The lowest BCUT2D eigenvalue weighted by atomic mass is 10.1. The summed E-state index contributed by atoms with van der Waals surface area (Å²) < 4.78 is 7.07. The largest absolute Gasteiger partial charge is 0.497 e. The SMILES string of the molecule is COc1ccc(/C=C/C(=O)c2ccc(NC(=O)CSc3nnc(-c4ccc(Cl)cc4)n3-c3ccccc3)cc2)cc1. The number of thioether (sulfide) groups is 1. The van der Waals surface area contributed by atoms with Crippen LogP contribution in [0.15, 0.2) is 114 Å². The molecule has 4 aromatic carbocycles. The molecule has 0 aliphatic rings. The zero-order valence-electron chi connectivity index (χ0n) is 22.0. The van der Waals surface area contributed by atoms with Crippen LogP contribution in [0.5, 0.6) is 5.75 Å². The molecule has 1 aromatic heterocycles. The van der Waals surface area contributed by atoms with Gasteiger partial charge in [0.2, 0.25) is 5.91 Å². The van der Waals surface area contributed by atoms with Crippen LogP contribution in [0.25, 0.3) is 23.2 Å². The third-order valence-electron chi connectivity index (χ3n) is 6.08. The molecular weight excluding hydrogens is 556 g/mol. The number of nitrogens with zero attached hydrogens (tertiary/aromatic N) is 3. The Hall–Kier alpha value is -4.66. The van der Waals surface area contributed by atoms with E-state index in [2.05, 4.69) is 15.5 Å². The number of halogens is 1. The monoisotopic (exact) mass is 580 g/mol. The van der Waals surface area contributed by atoms with Gasteiger partial charge in [0.15, 0.2) is 16.8 Å². The number of anilines is 1. The first-order valence-corrected chi connectivity index (χ1v) is 14.0. The van der Waals surface area contributed by atoms with Gasteiger partial charge in [0.05, 0.1) is 12.9 Å². The Labute approximate surface area is 246 Å². The lowest BCUT2D eigenvalue weighted by Crippen LogP contribution is -2.14. The van der Waals surface area contributed by atoms with Crippen LogP contribution in [-0.2, 0) is 4.79 Å². The maximum atomic E-state index is 12.8. The highest BCUT2D eigenvalue weighted by Crippen LogP contribution is 2.29. The number of hydrogen-bond donors (Lipinski definition) is 1. The van der Waals surface area contributed by atoms with Gasteiger partial charge in [0.1, 0.15) is 5.75 Å². The summed E-state index contributed by atoms with van der Waals surface area (Å²) in [5, 5.41) is 12.9. The van der Waals surface area contributed by atoms with Crippen LogP contribution in [0.2, 0.25) is 5.02 Å². The zero-order valence-corrected chi connectivity index (χ0v) is 23.6. The van der Waals surface area contributed by atoms with Gasteiger partial charge in [-0.05, 0) is 84.4 Å². The minimum absolute atomic E-state index is 0.122. The number of methoxy groups -OCH3 is 1. The molecule has 0 aliphatic carbocycles. The third kappa shape index (κ3) is 7.11. The first kappa shape index (κ1) is 27.9. The van der Waals surface area contributed by atoms with Crippen molar-refractivity contribution in [3.8, 4) is 22.8 Å². The van der Waals surface area contributed by atoms with Gasteiger partial charge < -0.3 is 10.1 Å². The van der Waals surface area contributed by atoms with Crippen molar-refractivity contribution in [3.63, 3.8) is 0 Å². The summed E-state index contributed by atoms with van der Waals surface area (Å²) in [6.45, 7) is 0. The lowest BCUT2D eigenvalue weighted by Gasteiger charge is -2.10. The van der Waals surface area contributed by atoms with E-state index in [1.54, 1.807) is 49.6 Å². The smallest absolute Gasteiger partial charge is 0.234 e. The van der Waals surface area contributed by atoms with Gasteiger partial charge in [-0.1, -0.05) is 59.8 Å². The average molecular weight is 581 g/mol. The van der Waals surface area contributed by atoms with Crippen molar-refractivity contribution in [2.45, 2.75) is 5.16 Å². The number of carbonyl (C=O) groups is 2. The van der Waals surface area contributed by atoms with Crippen LogP contribution in [-0.4, -0.2) is 39.3 Å². The Kier molecular flexibility index (Phi) is 8.93. The van der Waals surface area contributed by atoms with E-state index in [0.29, 0.717) is 27.3 Å². The van der Waals surface area contributed by atoms with Crippen molar-refractivity contribution in [2.24, 2.45) is 0 Å². The third-order valence-corrected chi connectivity index (χ3v) is 7.26. The van der Waals surface area contributed by atoms with Crippen LogP contribution in [0.3, 0.4) is 0 Å². The molecule has 0 saturated carbocycles. The van der Waals surface area contributed by atoms with Crippen LogP contribution < -0.4 is 10.1 Å². The first-order chi connectivity index (χ1) is 20.0. The van der Waals surface area contributed by atoms with Crippen LogP contribution in [0.1, 0.15) is 15.9 Å². The second kappa shape index (κ2) is 13.1. The van der Waals surface area contributed by atoms with Crippen molar-refractivity contribution < 1.29 is 14.3 Å². The molecular formula is C32H25ClN4O3S. The molecule has 1 heterocycles. The highest BCUT2D eigenvalue weighted by molar-refractivity contribution is 7.99. The quantitative estimate of drug-likeness (QED) is 0.107. The van der Waals surface area contributed by atoms with Crippen molar-refractivity contribution >= 4 is 46.8 Å². The molecule has 1 N–H and O–H groups in total. The molecule has 0 fully saturated rings. The van der Waals surface area contributed by atoms with Gasteiger partial charge in [-0.3, -0.25) is 14.2 Å². The van der Waals surface area contributed by atoms with Crippen LogP contribution >= 0.6 is 23.4 Å². The fourth-order valence-electron chi connectivity index (χ4n) is 3.99. The highest BCUT2D eigenvalue weighted by atomic mass is 35.5. The fraction of sp³-hybridized carbons (Fsp3) is 0.0625. The van der Waals surface area contributed by atoms with Crippen molar-refractivity contribution in [3.05, 3.63) is 125 Å². The van der Waals surface area contributed by atoms with E-state index in [-0.39, 0.29) is 17.4 Å². The number of aromatic nitrogens is 3. The number of para-hydroxylation sites is 1. The molecule has 9 heteroatoms. The molecule has 0 radical (unpaired) electrons. The Morgan fingerprint density at radius 1 is 0.902 bits per heavy atom. The predicted molar refractivity (Wildman–Crippen MR) is 164 cm³/mol.